The third-order valence-electron chi connectivity index (χ3n) is 5.50. The number of hydrogen-bond donors (Lipinski definition) is 2. The van der Waals surface area contributed by atoms with Gasteiger partial charge in [0, 0.05) is 17.7 Å². The van der Waals surface area contributed by atoms with Crippen LogP contribution in [0.3, 0.4) is 0 Å². The van der Waals surface area contributed by atoms with Crippen molar-refractivity contribution in [2.75, 3.05) is 0 Å². The maximum absolute atomic E-state index is 13.3. The van der Waals surface area contributed by atoms with Crippen LogP contribution in [0.4, 0.5) is 5.69 Å². The normalized spacial score (nSPS) is 12.2. The Morgan fingerprint density at radius 2 is 1.56 bits per heavy atom. The van der Waals surface area contributed by atoms with Gasteiger partial charge in [-0.3, -0.25) is 19.7 Å². The number of carboxylic acid groups (broad SMARTS) is 1. The highest BCUT2D eigenvalue weighted by Crippen LogP contribution is 2.29. The summed E-state index contributed by atoms with van der Waals surface area (Å²) in [7, 11) is -4.42. The van der Waals surface area contributed by atoms with Gasteiger partial charge in [0.05, 0.1) is 9.82 Å². The van der Waals surface area contributed by atoms with Crippen molar-refractivity contribution in [1.82, 2.24) is 4.72 Å². The van der Waals surface area contributed by atoms with Gasteiger partial charge in [0.1, 0.15) is 5.92 Å². The number of carboxylic acids is 1. The van der Waals surface area contributed by atoms with E-state index >= 15 is 0 Å². The number of carbonyl (C=O) groups is 2. The first-order valence-electron chi connectivity index (χ1n) is 11.2. The van der Waals surface area contributed by atoms with Crippen LogP contribution >= 0.6 is 0 Å². The monoisotopic (exact) mass is 510 g/mol. The van der Waals surface area contributed by atoms with Crippen molar-refractivity contribution in [3.63, 3.8) is 0 Å². The fraction of sp³-hybridized carbons (Fsp3) is 0.231. The molecule has 0 aromatic heterocycles. The summed E-state index contributed by atoms with van der Waals surface area (Å²) in [6.07, 6.45) is 0.385. The lowest BCUT2D eigenvalue weighted by atomic mass is 9.98. The molecule has 0 spiro atoms. The van der Waals surface area contributed by atoms with Crippen LogP contribution < -0.4 is 4.72 Å². The molecule has 1 amide bonds. The van der Waals surface area contributed by atoms with Crippen LogP contribution in [0.25, 0.3) is 11.1 Å². The number of nitrogens with zero attached hydrogens (tertiary/aromatic N) is 1. The van der Waals surface area contributed by atoms with Crippen LogP contribution in [0, 0.1) is 22.0 Å². The summed E-state index contributed by atoms with van der Waals surface area (Å²) in [6, 6.07) is 18.7. The molecular formula is C26H26N2O7S. The average molecular weight is 511 g/mol. The minimum atomic E-state index is -4.42. The second-order valence-electron chi connectivity index (χ2n) is 8.78. The molecule has 0 radical (unpaired) electrons. The highest BCUT2D eigenvalue weighted by Gasteiger charge is 2.31. The molecule has 0 saturated carbocycles. The van der Waals surface area contributed by atoms with Gasteiger partial charge >= 0.3 is 5.97 Å². The molecule has 0 saturated heterocycles. The van der Waals surface area contributed by atoms with Crippen molar-refractivity contribution < 1.29 is 28.0 Å². The van der Waals surface area contributed by atoms with Crippen molar-refractivity contribution in [2.24, 2.45) is 11.8 Å². The van der Waals surface area contributed by atoms with Crippen LogP contribution in [-0.2, 0) is 32.5 Å². The van der Waals surface area contributed by atoms with E-state index in [9.17, 15) is 33.2 Å². The molecule has 1 unspecified atom stereocenters. The number of aliphatic carboxylic acids is 1. The number of hydrogen-bond acceptors (Lipinski definition) is 6. The predicted octanol–water partition coefficient (Wildman–Crippen LogP) is 4.21. The van der Waals surface area contributed by atoms with E-state index in [0.29, 0.717) is 22.6 Å². The molecule has 2 N–H and O–H groups in total. The fourth-order valence-electron chi connectivity index (χ4n) is 3.79. The molecule has 1 atom stereocenters. The van der Waals surface area contributed by atoms with Gasteiger partial charge in [0.2, 0.25) is 5.91 Å². The number of amides is 1. The maximum Gasteiger partial charge on any atom is 0.316 e. The van der Waals surface area contributed by atoms with E-state index in [4.69, 9.17) is 0 Å². The molecule has 0 bridgehead atoms. The number of non-ortho nitro benzene ring substituents is 1. The van der Waals surface area contributed by atoms with E-state index in [1.54, 1.807) is 42.5 Å². The molecule has 188 valence electrons. The third-order valence-corrected chi connectivity index (χ3v) is 6.90. The van der Waals surface area contributed by atoms with Gasteiger partial charge in [-0.2, -0.15) is 0 Å². The quantitative estimate of drug-likeness (QED) is 0.236. The summed E-state index contributed by atoms with van der Waals surface area (Å²) in [5.41, 5.74) is 2.11. The molecule has 0 fully saturated rings. The third kappa shape index (κ3) is 6.54. The van der Waals surface area contributed by atoms with Crippen molar-refractivity contribution in [3.05, 3.63) is 94.0 Å². The van der Waals surface area contributed by atoms with Gasteiger partial charge in [-0.05, 0) is 47.6 Å². The molecule has 3 aromatic rings. The van der Waals surface area contributed by atoms with Crippen LogP contribution in [0.2, 0.25) is 0 Å². The van der Waals surface area contributed by atoms with Crippen molar-refractivity contribution in [1.29, 1.82) is 0 Å². The number of nitrogens with one attached hydrogen (secondary N) is 1. The summed E-state index contributed by atoms with van der Waals surface area (Å²) < 4.78 is 28.5. The van der Waals surface area contributed by atoms with Crippen LogP contribution in [0.1, 0.15) is 25.0 Å². The Labute approximate surface area is 209 Å². The first kappa shape index (κ1) is 26.6. The van der Waals surface area contributed by atoms with Crippen LogP contribution in [0.5, 0.6) is 0 Å². The molecule has 10 heteroatoms. The zero-order valence-electron chi connectivity index (χ0n) is 19.7. The van der Waals surface area contributed by atoms with Gasteiger partial charge < -0.3 is 5.11 Å². The van der Waals surface area contributed by atoms with E-state index in [0.717, 1.165) is 12.0 Å². The van der Waals surface area contributed by atoms with E-state index in [1.165, 1.54) is 30.3 Å². The van der Waals surface area contributed by atoms with E-state index < -0.39 is 32.7 Å². The lowest BCUT2D eigenvalue weighted by Gasteiger charge is -2.17. The zero-order valence-corrected chi connectivity index (χ0v) is 20.6. The van der Waals surface area contributed by atoms with Gasteiger partial charge in [-0.1, -0.05) is 62.4 Å². The number of benzene rings is 3. The van der Waals surface area contributed by atoms with E-state index in [1.807, 2.05) is 18.6 Å². The number of sulfonamides is 1. The average Bonchev–Trinajstić information content (AvgIpc) is 2.82. The summed E-state index contributed by atoms with van der Waals surface area (Å²) in [6.45, 7) is 4.09. The smallest absolute Gasteiger partial charge is 0.316 e. The molecule has 3 aromatic carbocycles. The number of nitro benzene ring substituents is 1. The predicted molar refractivity (Wildman–Crippen MR) is 134 cm³/mol. The zero-order chi connectivity index (χ0) is 26.5. The van der Waals surface area contributed by atoms with Crippen molar-refractivity contribution in [2.45, 2.75) is 31.6 Å². The second-order valence-corrected chi connectivity index (χ2v) is 10.4. The highest BCUT2D eigenvalue weighted by atomic mass is 32.2. The fourth-order valence-corrected chi connectivity index (χ4v) is 5.02. The summed E-state index contributed by atoms with van der Waals surface area (Å²) in [5.74, 6) is -4.10. The standard InChI is InChI=1S/C26H26N2O7S/c1-17(2)14-19-10-13-24(22(16-19)20-6-4-3-5-7-20)36(34,35)27-25(29)23(26(30)31)15-18-8-11-21(12-9-18)28(32)33/h3-13,16-17,23H,14-15H2,1-2H3,(H,27,29)(H,30,31). The van der Waals surface area contributed by atoms with Gasteiger partial charge in [0.25, 0.3) is 15.7 Å². The molecule has 9 nitrogen and oxygen atoms in total. The SMILES string of the molecule is CC(C)Cc1ccc(S(=O)(=O)NC(=O)C(Cc2ccc([N+](=O)[O-])cc2)C(=O)O)c(-c2ccccc2)c1. The summed E-state index contributed by atoms with van der Waals surface area (Å²) in [4.78, 5) is 34.7. The minimum absolute atomic E-state index is 0.144. The molecule has 36 heavy (non-hydrogen) atoms. The Balaban J connectivity index is 1.92. The number of rotatable bonds is 10. The second kappa shape index (κ2) is 11.1. The Kier molecular flexibility index (Phi) is 8.21. The largest absolute Gasteiger partial charge is 0.481 e. The highest BCUT2D eigenvalue weighted by molar-refractivity contribution is 7.90. The Hall–Kier alpha value is -4.05. The summed E-state index contributed by atoms with van der Waals surface area (Å²) in [5, 5.41) is 20.4. The lowest BCUT2D eigenvalue weighted by molar-refractivity contribution is -0.384. The Bertz CT molecular complexity index is 1370. The minimum Gasteiger partial charge on any atom is -0.481 e. The Morgan fingerprint density at radius 3 is 2.11 bits per heavy atom. The molecule has 0 heterocycles. The molecular weight excluding hydrogens is 484 g/mol. The molecule has 0 aliphatic carbocycles. The van der Waals surface area contributed by atoms with Crippen LogP contribution in [-0.4, -0.2) is 30.3 Å². The number of carbonyl (C=O) groups excluding carboxylic acids is 1. The first-order valence-corrected chi connectivity index (χ1v) is 12.7. The van der Waals surface area contributed by atoms with Crippen LogP contribution in [0.15, 0.2) is 77.7 Å². The number of nitro groups is 1. The van der Waals surface area contributed by atoms with Gasteiger partial charge in [-0.25, -0.2) is 13.1 Å². The molecule has 0 aliphatic heterocycles. The van der Waals surface area contributed by atoms with E-state index in [-0.39, 0.29) is 17.0 Å². The molecule has 3 rings (SSSR count). The first-order chi connectivity index (χ1) is 17.0. The Morgan fingerprint density at radius 1 is 0.944 bits per heavy atom. The molecule has 0 aliphatic rings. The maximum atomic E-state index is 13.3. The van der Waals surface area contributed by atoms with Gasteiger partial charge in [0.15, 0.2) is 0 Å². The van der Waals surface area contributed by atoms with Crippen molar-refractivity contribution in [3.8, 4) is 11.1 Å². The topological polar surface area (TPSA) is 144 Å². The summed E-state index contributed by atoms with van der Waals surface area (Å²) >= 11 is 0. The van der Waals surface area contributed by atoms with Gasteiger partial charge in [-0.15, -0.1) is 0 Å². The van der Waals surface area contributed by atoms with Crippen molar-refractivity contribution >= 4 is 27.6 Å². The van der Waals surface area contributed by atoms with E-state index in [2.05, 4.69) is 0 Å². The lowest BCUT2D eigenvalue weighted by Crippen LogP contribution is -2.40.